The molecule has 1 amide bonds. The fourth-order valence-corrected chi connectivity index (χ4v) is 2.58. The molecule has 3 fully saturated rings. The van der Waals surface area contributed by atoms with Crippen molar-refractivity contribution >= 4 is 5.91 Å². The first-order chi connectivity index (χ1) is 8.81. The van der Waals surface area contributed by atoms with Crippen molar-refractivity contribution in [1.82, 2.24) is 10.2 Å². The predicted molar refractivity (Wildman–Crippen MR) is 69.3 cm³/mol. The Hall–Kier alpha value is -0.610. The molecule has 0 aromatic carbocycles. The Morgan fingerprint density at radius 3 is 2.33 bits per heavy atom. The Bertz CT molecular complexity index is 280. The molecule has 102 valence electrons. The van der Waals surface area contributed by atoms with E-state index in [4.69, 9.17) is 4.74 Å². The van der Waals surface area contributed by atoms with Crippen LogP contribution in [0.5, 0.6) is 0 Å². The summed E-state index contributed by atoms with van der Waals surface area (Å²) in [5, 5.41) is 3.29. The number of nitrogens with one attached hydrogen (secondary N) is 1. The summed E-state index contributed by atoms with van der Waals surface area (Å²) in [5.41, 5.74) is 0. The standard InChI is InChI=1S/C14H24N2O2/c17-14(7-13-8-15-5-6-18-13)16(9-11-1-2-11)10-12-3-4-12/h11-13,15H,1-10H2. The first-order valence-corrected chi connectivity index (χ1v) is 7.41. The highest BCUT2D eigenvalue weighted by Gasteiger charge is 2.32. The zero-order valence-corrected chi connectivity index (χ0v) is 11.1. The van der Waals surface area contributed by atoms with E-state index in [-0.39, 0.29) is 6.10 Å². The van der Waals surface area contributed by atoms with Gasteiger partial charge in [0.2, 0.25) is 5.91 Å². The average molecular weight is 252 g/mol. The van der Waals surface area contributed by atoms with E-state index in [0.29, 0.717) is 12.3 Å². The summed E-state index contributed by atoms with van der Waals surface area (Å²) in [6.45, 7) is 4.47. The number of carbonyl (C=O) groups excluding carboxylic acids is 1. The summed E-state index contributed by atoms with van der Waals surface area (Å²) in [7, 11) is 0. The number of hydrogen-bond donors (Lipinski definition) is 1. The SMILES string of the molecule is O=C(CC1CNCCO1)N(CC1CC1)CC1CC1. The lowest BCUT2D eigenvalue weighted by molar-refractivity contribution is -0.135. The lowest BCUT2D eigenvalue weighted by atomic mass is 10.2. The van der Waals surface area contributed by atoms with Crippen molar-refractivity contribution in [3.05, 3.63) is 0 Å². The normalized spacial score (nSPS) is 28.1. The Morgan fingerprint density at radius 1 is 1.17 bits per heavy atom. The number of nitrogens with zero attached hydrogens (tertiary/aromatic N) is 1. The van der Waals surface area contributed by atoms with Crippen LogP contribution in [0.1, 0.15) is 32.1 Å². The van der Waals surface area contributed by atoms with Gasteiger partial charge < -0.3 is 15.0 Å². The van der Waals surface area contributed by atoms with Gasteiger partial charge in [0.05, 0.1) is 19.1 Å². The van der Waals surface area contributed by atoms with Gasteiger partial charge in [-0.3, -0.25) is 4.79 Å². The number of carbonyl (C=O) groups is 1. The van der Waals surface area contributed by atoms with E-state index in [1.165, 1.54) is 25.7 Å². The van der Waals surface area contributed by atoms with Gasteiger partial charge in [-0.25, -0.2) is 0 Å². The zero-order chi connectivity index (χ0) is 12.4. The molecule has 1 unspecified atom stereocenters. The minimum Gasteiger partial charge on any atom is -0.375 e. The third kappa shape index (κ3) is 3.69. The monoisotopic (exact) mass is 252 g/mol. The second kappa shape index (κ2) is 5.57. The van der Waals surface area contributed by atoms with E-state index in [1.807, 2.05) is 0 Å². The molecule has 0 spiro atoms. The summed E-state index contributed by atoms with van der Waals surface area (Å²) in [4.78, 5) is 14.5. The van der Waals surface area contributed by atoms with Crippen LogP contribution in [0, 0.1) is 11.8 Å². The van der Waals surface area contributed by atoms with Crippen LogP contribution in [-0.4, -0.2) is 49.7 Å². The van der Waals surface area contributed by atoms with Crippen LogP contribution in [0.4, 0.5) is 0 Å². The second-order valence-electron chi connectivity index (χ2n) is 6.09. The maximum Gasteiger partial charge on any atom is 0.225 e. The summed E-state index contributed by atoms with van der Waals surface area (Å²) in [6, 6.07) is 0. The molecule has 0 radical (unpaired) electrons. The van der Waals surface area contributed by atoms with Crippen molar-refractivity contribution in [2.45, 2.75) is 38.2 Å². The molecule has 4 nitrogen and oxygen atoms in total. The highest BCUT2D eigenvalue weighted by atomic mass is 16.5. The number of amides is 1. The van der Waals surface area contributed by atoms with Crippen LogP contribution < -0.4 is 5.32 Å². The molecular formula is C14H24N2O2. The lowest BCUT2D eigenvalue weighted by Gasteiger charge is -2.27. The number of ether oxygens (including phenoxy) is 1. The Balaban J connectivity index is 1.48. The van der Waals surface area contributed by atoms with E-state index in [0.717, 1.165) is 44.6 Å². The first-order valence-electron chi connectivity index (χ1n) is 7.41. The van der Waals surface area contributed by atoms with Crippen molar-refractivity contribution in [3.8, 4) is 0 Å². The minimum atomic E-state index is 0.0900. The van der Waals surface area contributed by atoms with Crippen LogP contribution in [0.25, 0.3) is 0 Å². The maximum atomic E-state index is 12.4. The van der Waals surface area contributed by atoms with E-state index in [1.54, 1.807) is 0 Å². The highest BCUT2D eigenvalue weighted by molar-refractivity contribution is 5.76. The van der Waals surface area contributed by atoms with Crippen molar-refractivity contribution in [3.63, 3.8) is 0 Å². The van der Waals surface area contributed by atoms with Crippen LogP contribution >= 0.6 is 0 Å². The van der Waals surface area contributed by atoms with Crippen molar-refractivity contribution in [1.29, 1.82) is 0 Å². The average Bonchev–Trinajstić information content (AvgIpc) is 3.24. The largest absolute Gasteiger partial charge is 0.375 e. The molecule has 1 saturated heterocycles. The molecule has 0 bridgehead atoms. The number of hydrogen-bond acceptors (Lipinski definition) is 3. The third-order valence-corrected chi connectivity index (χ3v) is 4.11. The smallest absolute Gasteiger partial charge is 0.225 e. The molecular weight excluding hydrogens is 228 g/mol. The van der Waals surface area contributed by atoms with Crippen LogP contribution in [0.2, 0.25) is 0 Å². The van der Waals surface area contributed by atoms with Crippen molar-refractivity contribution in [2.75, 3.05) is 32.8 Å². The molecule has 1 atom stereocenters. The first kappa shape index (κ1) is 12.4. The van der Waals surface area contributed by atoms with Gasteiger partial charge in [0, 0.05) is 26.2 Å². The molecule has 2 saturated carbocycles. The molecule has 4 heteroatoms. The zero-order valence-electron chi connectivity index (χ0n) is 11.1. The van der Waals surface area contributed by atoms with Crippen molar-refractivity contribution in [2.24, 2.45) is 11.8 Å². The predicted octanol–water partition coefficient (Wildman–Crippen LogP) is 1.01. The van der Waals surface area contributed by atoms with E-state index < -0.39 is 0 Å². The summed E-state index contributed by atoms with van der Waals surface area (Å²) in [6.07, 6.45) is 5.91. The summed E-state index contributed by atoms with van der Waals surface area (Å²) >= 11 is 0. The Morgan fingerprint density at radius 2 is 1.83 bits per heavy atom. The molecule has 18 heavy (non-hydrogen) atoms. The van der Waals surface area contributed by atoms with Gasteiger partial charge in [-0.2, -0.15) is 0 Å². The van der Waals surface area contributed by atoms with Gasteiger partial charge in [-0.15, -0.1) is 0 Å². The molecule has 0 aromatic heterocycles. The fraction of sp³-hybridized carbons (Fsp3) is 0.929. The van der Waals surface area contributed by atoms with Gasteiger partial charge in [0.25, 0.3) is 0 Å². The fourth-order valence-electron chi connectivity index (χ4n) is 2.58. The molecule has 3 aliphatic rings. The van der Waals surface area contributed by atoms with Gasteiger partial charge in [-0.05, 0) is 37.5 Å². The number of rotatable bonds is 6. The second-order valence-corrected chi connectivity index (χ2v) is 6.09. The quantitative estimate of drug-likeness (QED) is 0.767. The van der Waals surface area contributed by atoms with Crippen molar-refractivity contribution < 1.29 is 9.53 Å². The molecule has 3 rings (SSSR count). The summed E-state index contributed by atoms with van der Waals surface area (Å²) in [5.74, 6) is 1.89. The van der Waals surface area contributed by atoms with E-state index >= 15 is 0 Å². The minimum absolute atomic E-state index is 0.0900. The van der Waals surface area contributed by atoms with E-state index in [9.17, 15) is 4.79 Å². The van der Waals surface area contributed by atoms with Gasteiger partial charge in [0.15, 0.2) is 0 Å². The van der Waals surface area contributed by atoms with Crippen LogP contribution in [0.3, 0.4) is 0 Å². The highest BCUT2D eigenvalue weighted by Crippen LogP contribution is 2.34. The maximum absolute atomic E-state index is 12.4. The molecule has 1 heterocycles. The summed E-state index contributed by atoms with van der Waals surface area (Å²) < 4.78 is 5.63. The Kier molecular flexibility index (Phi) is 3.85. The number of morpholine rings is 1. The molecule has 1 N–H and O–H groups in total. The molecule has 2 aliphatic carbocycles. The lowest BCUT2D eigenvalue weighted by Crippen LogP contribution is -2.43. The topological polar surface area (TPSA) is 41.6 Å². The van der Waals surface area contributed by atoms with Crippen LogP contribution in [0.15, 0.2) is 0 Å². The van der Waals surface area contributed by atoms with E-state index in [2.05, 4.69) is 10.2 Å². The van der Waals surface area contributed by atoms with Gasteiger partial charge >= 0.3 is 0 Å². The van der Waals surface area contributed by atoms with Crippen LogP contribution in [-0.2, 0) is 9.53 Å². The third-order valence-electron chi connectivity index (χ3n) is 4.11. The molecule has 0 aromatic rings. The molecule has 1 aliphatic heterocycles. The van der Waals surface area contributed by atoms with Gasteiger partial charge in [-0.1, -0.05) is 0 Å². The van der Waals surface area contributed by atoms with Gasteiger partial charge in [0.1, 0.15) is 0 Å². The Labute approximate surface area is 109 Å².